The van der Waals surface area contributed by atoms with Gasteiger partial charge in [0.1, 0.15) is 5.75 Å². The molecule has 0 bridgehead atoms. The van der Waals surface area contributed by atoms with Crippen molar-refractivity contribution in [3.63, 3.8) is 0 Å². The maximum atomic E-state index is 13.2. The first-order chi connectivity index (χ1) is 13.9. The quantitative estimate of drug-likeness (QED) is 0.683. The van der Waals surface area contributed by atoms with Crippen LogP contribution in [0, 0.1) is 0 Å². The molecule has 0 aliphatic carbocycles. The molecule has 3 aromatic carbocycles. The molecule has 0 aromatic heterocycles. The minimum Gasteiger partial charge on any atom is -0.476 e. The van der Waals surface area contributed by atoms with E-state index in [2.05, 4.69) is 5.32 Å². The average molecular weight is 429 g/mol. The Morgan fingerprint density at radius 1 is 1.00 bits per heavy atom. The fraction of sp³-hybridized carbons (Fsp3) is 0.0952. The molecule has 1 N–H and O–H groups in total. The van der Waals surface area contributed by atoms with Gasteiger partial charge in [0.15, 0.2) is 6.10 Å². The second-order valence-electron chi connectivity index (χ2n) is 6.42. The van der Waals surface area contributed by atoms with Crippen molar-refractivity contribution in [1.82, 2.24) is 0 Å². The van der Waals surface area contributed by atoms with Crippen molar-refractivity contribution in [2.24, 2.45) is 0 Å². The summed E-state index contributed by atoms with van der Waals surface area (Å²) in [6.07, 6.45) is -1.03. The molecule has 0 radical (unpaired) electrons. The van der Waals surface area contributed by atoms with Crippen molar-refractivity contribution >= 4 is 38.9 Å². The first-order valence-corrected chi connectivity index (χ1v) is 10.7. The molecule has 0 fully saturated rings. The van der Waals surface area contributed by atoms with Gasteiger partial charge in [-0.15, -0.1) is 0 Å². The van der Waals surface area contributed by atoms with E-state index in [-0.39, 0.29) is 11.4 Å². The second-order valence-corrected chi connectivity index (χ2v) is 8.72. The Bertz CT molecular complexity index is 1150. The highest BCUT2D eigenvalue weighted by molar-refractivity contribution is 7.92. The number of nitrogens with one attached hydrogen (secondary N) is 1. The molecular weight excluding hydrogens is 412 g/mol. The van der Waals surface area contributed by atoms with Gasteiger partial charge in [-0.25, -0.2) is 8.42 Å². The zero-order valence-electron chi connectivity index (χ0n) is 15.2. The molecule has 1 amide bonds. The standard InChI is InChI=1S/C21H17ClN2O4S/c22-15-7-6-8-16(13-15)23-21(25)20-14-24(18-11-4-5-12-19(18)28-20)29(26,27)17-9-2-1-3-10-17/h1-13,20H,14H2,(H,23,25)/t20-/m0/s1. The monoisotopic (exact) mass is 428 g/mol. The van der Waals surface area contributed by atoms with E-state index in [1.165, 1.54) is 16.4 Å². The molecule has 1 aliphatic rings. The fourth-order valence-corrected chi connectivity index (χ4v) is 4.76. The first kappa shape index (κ1) is 19.3. The highest BCUT2D eigenvalue weighted by Gasteiger charge is 2.37. The number of halogens is 1. The number of carbonyl (C=O) groups excluding carboxylic acids is 1. The third-order valence-corrected chi connectivity index (χ3v) is 6.48. The van der Waals surface area contributed by atoms with Gasteiger partial charge in [0.05, 0.1) is 17.1 Å². The molecule has 1 heterocycles. The van der Waals surface area contributed by atoms with Crippen molar-refractivity contribution in [1.29, 1.82) is 0 Å². The van der Waals surface area contributed by atoms with E-state index >= 15 is 0 Å². The van der Waals surface area contributed by atoms with Gasteiger partial charge in [-0.1, -0.05) is 48.0 Å². The van der Waals surface area contributed by atoms with Crippen LogP contribution in [0.1, 0.15) is 0 Å². The van der Waals surface area contributed by atoms with Crippen LogP contribution in [0.5, 0.6) is 5.75 Å². The number of hydrogen-bond acceptors (Lipinski definition) is 4. The predicted molar refractivity (Wildman–Crippen MR) is 112 cm³/mol. The summed E-state index contributed by atoms with van der Waals surface area (Å²) < 4.78 is 33.5. The Morgan fingerprint density at radius 3 is 2.48 bits per heavy atom. The Kier molecular flexibility index (Phi) is 5.17. The number of sulfonamides is 1. The number of rotatable bonds is 4. The van der Waals surface area contributed by atoms with Gasteiger partial charge in [0.25, 0.3) is 15.9 Å². The zero-order chi connectivity index (χ0) is 20.4. The summed E-state index contributed by atoms with van der Waals surface area (Å²) in [5.74, 6) is -0.139. The van der Waals surface area contributed by atoms with Gasteiger partial charge in [-0.3, -0.25) is 9.10 Å². The molecule has 148 valence electrons. The van der Waals surface area contributed by atoms with Crippen LogP contribution in [0.15, 0.2) is 83.8 Å². The topological polar surface area (TPSA) is 75.7 Å². The summed E-state index contributed by atoms with van der Waals surface area (Å²) in [7, 11) is -3.87. The van der Waals surface area contributed by atoms with E-state index in [9.17, 15) is 13.2 Å². The number of carbonyl (C=O) groups is 1. The highest BCUT2D eigenvalue weighted by Crippen LogP contribution is 2.37. The lowest BCUT2D eigenvalue weighted by molar-refractivity contribution is -0.122. The van der Waals surface area contributed by atoms with E-state index in [1.54, 1.807) is 66.7 Å². The maximum Gasteiger partial charge on any atom is 0.267 e. The van der Waals surface area contributed by atoms with Gasteiger partial charge < -0.3 is 10.1 Å². The molecule has 1 atom stereocenters. The van der Waals surface area contributed by atoms with Crippen LogP contribution in [0.4, 0.5) is 11.4 Å². The number of fused-ring (bicyclic) bond motifs is 1. The van der Waals surface area contributed by atoms with Gasteiger partial charge in [0.2, 0.25) is 0 Å². The van der Waals surface area contributed by atoms with Gasteiger partial charge in [-0.2, -0.15) is 0 Å². The summed E-state index contributed by atoms with van der Waals surface area (Å²) >= 11 is 5.96. The van der Waals surface area contributed by atoms with Crippen molar-refractivity contribution in [3.05, 3.63) is 83.9 Å². The van der Waals surface area contributed by atoms with E-state index in [0.29, 0.717) is 22.1 Å². The summed E-state index contributed by atoms with van der Waals surface area (Å²) in [6, 6.07) is 21.5. The molecule has 0 saturated carbocycles. The van der Waals surface area contributed by atoms with E-state index < -0.39 is 22.0 Å². The molecule has 6 nitrogen and oxygen atoms in total. The smallest absolute Gasteiger partial charge is 0.267 e. The summed E-state index contributed by atoms with van der Waals surface area (Å²) in [6.45, 7) is -0.152. The van der Waals surface area contributed by atoms with Crippen molar-refractivity contribution < 1.29 is 17.9 Å². The molecule has 0 spiro atoms. The van der Waals surface area contributed by atoms with E-state index in [0.717, 1.165) is 0 Å². The largest absolute Gasteiger partial charge is 0.476 e. The lowest BCUT2D eigenvalue weighted by Gasteiger charge is -2.34. The number of amides is 1. The Morgan fingerprint density at radius 2 is 1.72 bits per heavy atom. The fourth-order valence-electron chi connectivity index (χ4n) is 3.08. The molecular formula is C21H17ClN2O4S. The molecule has 0 unspecified atom stereocenters. The van der Waals surface area contributed by atoms with Crippen molar-refractivity contribution in [2.45, 2.75) is 11.0 Å². The molecule has 1 aliphatic heterocycles. The summed E-state index contributed by atoms with van der Waals surface area (Å²) in [4.78, 5) is 12.9. The van der Waals surface area contributed by atoms with Crippen LogP contribution < -0.4 is 14.4 Å². The van der Waals surface area contributed by atoms with E-state index in [1.807, 2.05) is 0 Å². The van der Waals surface area contributed by atoms with Crippen LogP contribution in [-0.2, 0) is 14.8 Å². The highest BCUT2D eigenvalue weighted by atomic mass is 35.5. The molecule has 4 rings (SSSR count). The molecule has 0 saturated heterocycles. The number of hydrogen-bond donors (Lipinski definition) is 1. The minimum absolute atomic E-state index is 0.144. The number of ether oxygens (including phenoxy) is 1. The second kappa shape index (κ2) is 7.77. The van der Waals surface area contributed by atoms with Gasteiger partial charge in [0, 0.05) is 10.7 Å². The number of benzene rings is 3. The predicted octanol–water partition coefficient (Wildman–Crippen LogP) is 3.94. The maximum absolute atomic E-state index is 13.2. The van der Waals surface area contributed by atoms with Gasteiger partial charge >= 0.3 is 0 Å². The third-order valence-electron chi connectivity index (χ3n) is 4.45. The summed E-state index contributed by atoms with van der Waals surface area (Å²) in [5.41, 5.74) is 0.894. The van der Waals surface area contributed by atoms with Crippen molar-refractivity contribution in [3.8, 4) is 5.75 Å². The molecule has 29 heavy (non-hydrogen) atoms. The van der Waals surface area contributed by atoms with E-state index in [4.69, 9.17) is 16.3 Å². The lowest BCUT2D eigenvalue weighted by atomic mass is 10.2. The van der Waals surface area contributed by atoms with Crippen LogP contribution in [-0.4, -0.2) is 27.0 Å². The Hall–Kier alpha value is -3.03. The molecule has 3 aromatic rings. The van der Waals surface area contributed by atoms with Gasteiger partial charge in [-0.05, 0) is 42.5 Å². The van der Waals surface area contributed by atoms with Crippen LogP contribution in [0.3, 0.4) is 0 Å². The number of anilines is 2. The minimum atomic E-state index is -3.87. The Balaban J connectivity index is 1.67. The normalized spacial score (nSPS) is 15.9. The van der Waals surface area contributed by atoms with Crippen LogP contribution in [0.2, 0.25) is 5.02 Å². The van der Waals surface area contributed by atoms with Crippen LogP contribution >= 0.6 is 11.6 Å². The van der Waals surface area contributed by atoms with Crippen LogP contribution in [0.25, 0.3) is 0 Å². The molecule has 8 heteroatoms. The zero-order valence-corrected chi connectivity index (χ0v) is 16.7. The average Bonchev–Trinajstić information content (AvgIpc) is 2.73. The lowest BCUT2D eigenvalue weighted by Crippen LogP contribution is -2.48. The Labute approximate surface area is 173 Å². The van der Waals surface area contributed by atoms with Crippen molar-refractivity contribution in [2.75, 3.05) is 16.2 Å². The SMILES string of the molecule is O=C(Nc1cccc(Cl)c1)[C@@H]1CN(S(=O)(=O)c2ccccc2)c2ccccc2O1. The first-order valence-electron chi connectivity index (χ1n) is 8.85. The summed E-state index contributed by atoms with van der Waals surface area (Å²) in [5, 5.41) is 3.20. The third kappa shape index (κ3) is 3.92. The number of nitrogens with zero attached hydrogens (tertiary/aromatic N) is 1. The number of para-hydroxylation sites is 2.